The van der Waals surface area contributed by atoms with Crippen molar-refractivity contribution in [3.05, 3.63) is 60.8 Å². The van der Waals surface area contributed by atoms with Crippen molar-refractivity contribution >= 4 is 12.0 Å². The molecule has 5 rings (SSSR count). The molecule has 0 bridgehead atoms. The van der Waals surface area contributed by atoms with Gasteiger partial charge in [0.15, 0.2) is 5.69 Å². The zero-order valence-electron chi connectivity index (χ0n) is 20.1. The minimum Gasteiger partial charge on any atom is -0.490 e. The van der Waals surface area contributed by atoms with E-state index in [-0.39, 0.29) is 17.8 Å². The van der Waals surface area contributed by atoms with Gasteiger partial charge in [-0.05, 0) is 69.7 Å². The maximum absolute atomic E-state index is 13.0. The molecule has 1 aliphatic heterocycles. The lowest BCUT2D eigenvalue weighted by Crippen LogP contribution is -2.35. The van der Waals surface area contributed by atoms with E-state index >= 15 is 0 Å². The highest BCUT2D eigenvalue weighted by Gasteiger charge is 2.43. The minimum atomic E-state index is -0.618. The molecule has 1 aromatic carbocycles. The first kappa shape index (κ1) is 23.0. The summed E-state index contributed by atoms with van der Waals surface area (Å²) in [6.07, 6.45) is 6.69. The number of benzene rings is 1. The molecule has 0 N–H and O–H groups in total. The van der Waals surface area contributed by atoms with E-state index in [2.05, 4.69) is 15.1 Å². The molecule has 3 atom stereocenters. The topological polar surface area (TPSA) is 99.4 Å². The number of likely N-dealkylation sites (tertiary alicyclic amines) is 1. The van der Waals surface area contributed by atoms with E-state index in [1.807, 2.05) is 35.2 Å². The van der Waals surface area contributed by atoms with E-state index in [4.69, 9.17) is 9.47 Å². The first-order chi connectivity index (χ1) is 16.7. The Balaban J connectivity index is 1.17. The molecule has 3 aromatic rings. The second kappa shape index (κ2) is 9.13. The molecule has 0 radical (unpaired) electrons. The zero-order chi connectivity index (χ0) is 24.6. The molecule has 1 saturated heterocycles. The molecule has 2 aromatic heterocycles. The molecule has 182 valence electrons. The molecular formula is C26H29N5O4. The molecule has 3 heterocycles. The molecule has 2 fully saturated rings. The van der Waals surface area contributed by atoms with Crippen molar-refractivity contribution in [2.24, 2.45) is 11.8 Å². The number of aromatic nitrogens is 4. The molecule has 9 heteroatoms. The van der Waals surface area contributed by atoms with E-state index in [9.17, 15) is 9.59 Å². The standard InChI is InChI=1S/C26H29N5O4/c1-26(2,3)35-24(32)23-8-10-31(29-23)25(33)30-14-18-12-21(13-19(18)15-30)34-20-6-4-5-17(11-20)22-7-9-27-16-28-22/h4-11,16,18-19,21H,12-15H2,1-3H3/t18-,19?,21?/m0/s1. The Kier molecular flexibility index (Phi) is 6.00. The summed E-state index contributed by atoms with van der Waals surface area (Å²) in [4.78, 5) is 35.3. The van der Waals surface area contributed by atoms with Crippen molar-refractivity contribution in [1.29, 1.82) is 0 Å². The van der Waals surface area contributed by atoms with Crippen molar-refractivity contribution in [1.82, 2.24) is 24.6 Å². The monoisotopic (exact) mass is 475 g/mol. The average Bonchev–Trinajstić information content (AvgIpc) is 3.54. The SMILES string of the molecule is CC(C)(C)OC(=O)c1ccn(C(=O)N2CC3CC(Oc4cccc(-c5ccncn5)c4)C[C@H]3C2)n1. The lowest BCUT2D eigenvalue weighted by Gasteiger charge is -2.20. The van der Waals surface area contributed by atoms with Crippen LogP contribution in [0, 0.1) is 11.8 Å². The summed E-state index contributed by atoms with van der Waals surface area (Å²) in [5, 5.41) is 4.15. The quantitative estimate of drug-likeness (QED) is 0.525. The predicted molar refractivity (Wildman–Crippen MR) is 128 cm³/mol. The van der Waals surface area contributed by atoms with Gasteiger partial charge in [-0.3, -0.25) is 0 Å². The van der Waals surface area contributed by atoms with Crippen molar-refractivity contribution in [3.63, 3.8) is 0 Å². The number of hydrogen-bond acceptors (Lipinski definition) is 7. The van der Waals surface area contributed by atoms with Gasteiger partial charge in [0, 0.05) is 31.0 Å². The molecule has 2 aliphatic rings. The summed E-state index contributed by atoms with van der Waals surface area (Å²) in [6.45, 7) is 6.70. The molecule has 2 unspecified atom stereocenters. The van der Waals surface area contributed by atoms with E-state index in [1.165, 1.54) is 23.3 Å². The molecular weight excluding hydrogens is 446 g/mol. The van der Waals surface area contributed by atoms with Gasteiger partial charge in [0.1, 0.15) is 17.7 Å². The number of hydrogen-bond donors (Lipinski definition) is 0. The lowest BCUT2D eigenvalue weighted by atomic mass is 10.0. The Morgan fingerprint density at radius 1 is 1.06 bits per heavy atom. The van der Waals surface area contributed by atoms with Crippen LogP contribution in [0.3, 0.4) is 0 Å². The third kappa shape index (κ3) is 5.18. The van der Waals surface area contributed by atoms with Crippen LogP contribution in [0.15, 0.2) is 55.1 Å². The highest BCUT2D eigenvalue weighted by Crippen LogP contribution is 2.40. The summed E-state index contributed by atoms with van der Waals surface area (Å²) in [7, 11) is 0. The minimum absolute atomic E-state index is 0.117. The molecule has 1 aliphatic carbocycles. The van der Waals surface area contributed by atoms with Crippen LogP contribution in [0.1, 0.15) is 44.1 Å². The van der Waals surface area contributed by atoms with Gasteiger partial charge in [0.05, 0.1) is 11.8 Å². The van der Waals surface area contributed by atoms with Gasteiger partial charge in [-0.25, -0.2) is 19.6 Å². The Morgan fingerprint density at radius 2 is 1.83 bits per heavy atom. The summed E-state index contributed by atoms with van der Waals surface area (Å²) in [5.41, 5.74) is 1.36. The smallest absolute Gasteiger partial charge is 0.359 e. The summed E-state index contributed by atoms with van der Waals surface area (Å²) < 4.78 is 12.9. The van der Waals surface area contributed by atoms with Crippen molar-refractivity contribution in [2.45, 2.75) is 45.3 Å². The number of ether oxygens (including phenoxy) is 2. The normalized spacial score (nSPS) is 21.6. The summed E-state index contributed by atoms with van der Waals surface area (Å²) in [6, 6.07) is 11.1. The van der Waals surface area contributed by atoms with E-state index < -0.39 is 11.6 Å². The fraction of sp³-hybridized carbons (Fsp3) is 0.423. The Morgan fingerprint density at radius 3 is 2.51 bits per heavy atom. The molecule has 9 nitrogen and oxygen atoms in total. The van der Waals surface area contributed by atoms with Gasteiger partial charge in [-0.2, -0.15) is 9.78 Å². The van der Waals surface area contributed by atoms with Crippen LogP contribution in [-0.4, -0.2) is 61.4 Å². The van der Waals surface area contributed by atoms with E-state index in [0.29, 0.717) is 24.9 Å². The second-order valence-corrected chi connectivity index (χ2v) is 10.2. The molecule has 1 saturated carbocycles. The zero-order valence-corrected chi connectivity index (χ0v) is 20.1. The Labute approximate surface area is 204 Å². The molecule has 0 spiro atoms. The third-order valence-corrected chi connectivity index (χ3v) is 6.39. The van der Waals surface area contributed by atoms with Gasteiger partial charge in [0.2, 0.25) is 0 Å². The van der Waals surface area contributed by atoms with Gasteiger partial charge in [-0.15, -0.1) is 0 Å². The lowest BCUT2D eigenvalue weighted by molar-refractivity contribution is 0.00623. The van der Waals surface area contributed by atoms with Gasteiger partial charge < -0.3 is 14.4 Å². The average molecular weight is 476 g/mol. The van der Waals surface area contributed by atoms with Gasteiger partial charge in [-0.1, -0.05) is 12.1 Å². The number of nitrogens with zero attached hydrogens (tertiary/aromatic N) is 5. The summed E-state index contributed by atoms with van der Waals surface area (Å²) >= 11 is 0. The molecule has 1 amide bonds. The fourth-order valence-electron chi connectivity index (χ4n) is 4.89. The maximum atomic E-state index is 13.0. The fourth-order valence-corrected chi connectivity index (χ4v) is 4.89. The highest BCUT2D eigenvalue weighted by atomic mass is 16.6. The largest absolute Gasteiger partial charge is 0.490 e. The number of carbonyl (C=O) groups is 2. The number of esters is 1. The Hall–Kier alpha value is -3.75. The van der Waals surface area contributed by atoms with Gasteiger partial charge >= 0.3 is 12.0 Å². The van der Waals surface area contributed by atoms with Crippen LogP contribution < -0.4 is 4.74 Å². The van der Waals surface area contributed by atoms with Crippen LogP contribution in [0.5, 0.6) is 5.75 Å². The Bertz CT molecular complexity index is 1210. The van der Waals surface area contributed by atoms with Crippen molar-refractivity contribution in [2.75, 3.05) is 13.1 Å². The number of fused-ring (bicyclic) bond motifs is 1. The van der Waals surface area contributed by atoms with E-state index in [0.717, 1.165) is 29.8 Å². The van der Waals surface area contributed by atoms with Crippen LogP contribution in [0.4, 0.5) is 4.79 Å². The van der Waals surface area contributed by atoms with E-state index in [1.54, 1.807) is 27.0 Å². The maximum Gasteiger partial charge on any atom is 0.359 e. The number of amides is 1. The number of carbonyl (C=O) groups excluding carboxylic acids is 2. The van der Waals surface area contributed by atoms with Crippen molar-refractivity contribution in [3.8, 4) is 17.0 Å². The number of rotatable bonds is 4. The third-order valence-electron chi connectivity index (χ3n) is 6.39. The van der Waals surface area contributed by atoms with Crippen LogP contribution in [0.25, 0.3) is 11.3 Å². The predicted octanol–water partition coefficient (Wildman–Crippen LogP) is 4.05. The first-order valence-corrected chi connectivity index (χ1v) is 11.9. The molecule has 35 heavy (non-hydrogen) atoms. The first-order valence-electron chi connectivity index (χ1n) is 11.9. The van der Waals surface area contributed by atoms with Crippen molar-refractivity contribution < 1.29 is 19.1 Å². The highest BCUT2D eigenvalue weighted by molar-refractivity contribution is 5.88. The van der Waals surface area contributed by atoms with Gasteiger partial charge in [0.25, 0.3) is 0 Å². The summed E-state index contributed by atoms with van der Waals surface area (Å²) in [5.74, 6) is 1.06. The second-order valence-electron chi connectivity index (χ2n) is 10.2. The van der Waals surface area contributed by atoms with Crippen LogP contribution in [-0.2, 0) is 4.74 Å². The van der Waals surface area contributed by atoms with Crippen LogP contribution >= 0.6 is 0 Å². The van der Waals surface area contributed by atoms with Crippen LogP contribution in [0.2, 0.25) is 0 Å².